The van der Waals surface area contributed by atoms with E-state index in [4.69, 9.17) is 4.74 Å². The highest BCUT2D eigenvalue weighted by Crippen LogP contribution is 2.28. The molecule has 1 aromatic heterocycles. The van der Waals surface area contributed by atoms with Crippen molar-refractivity contribution in [3.63, 3.8) is 0 Å². The van der Waals surface area contributed by atoms with Crippen LogP contribution in [0.5, 0.6) is 11.5 Å². The molecule has 0 amide bonds. The first kappa shape index (κ1) is 16.6. The lowest BCUT2D eigenvalue weighted by Crippen LogP contribution is -2.30. The maximum atomic E-state index is 9.78. The number of ether oxygens (including phenoxy) is 1. The SMILES string of the molecule is COc1cc(CN(Cc2cccnc2)C2=NCCCS2)ccc1O. The van der Waals surface area contributed by atoms with Crippen molar-refractivity contribution in [3.8, 4) is 11.5 Å². The monoisotopic (exact) mass is 343 g/mol. The number of hydrogen-bond acceptors (Lipinski definition) is 6. The summed E-state index contributed by atoms with van der Waals surface area (Å²) in [6, 6.07) is 9.49. The Morgan fingerprint density at radius 1 is 1.25 bits per heavy atom. The topological polar surface area (TPSA) is 58.0 Å². The largest absolute Gasteiger partial charge is 0.504 e. The molecule has 2 heterocycles. The van der Waals surface area contributed by atoms with Crippen molar-refractivity contribution in [3.05, 3.63) is 53.9 Å². The van der Waals surface area contributed by atoms with Crippen LogP contribution in [0.25, 0.3) is 0 Å². The molecule has 126 valence electrons. The van der Waals surface area contributed by atoms with E-state index < -0.39 is 0 Å². The van der Waals surface area contributed by atoms with Gasteiger partial charge in [0.25, 0.3) is 0 Å². The van der Waals surface area contributed by atoms with Gasteiger partial charge >= 0.3 is 0 Å². The van der Waals surface area contributed by atoms with E-state index >= 15 is 0 Å². The van der Waals surface area contributed by atoms with E-state index in [1.165, 1.54) is 0 Å². The Morgan fingerprint density at radius 3 is 2.83 bits per heavy atom. The van der Waals surface area contributed by atoms with Crippen molar-refractivity contribution in [2.75, 3.05) is 19.4 Å². The quantitative estimate of drug-likeness (QED) is 0.903. The van der Waals surface area contributed by atoms with Crippen LogP contribution in [0, 0.1) is 0 Å². The van der Waals surface area contributed by atoms with Crippen LogP contribution >= 0.6 is 11.8 Å². The Morgan fingerprint density at radius 2 is 2.12 bits per heavy atom. The average molecular weight is 343 g/mol. The number of benzene rings is 1. The number of nitrogens with zero attached hydrogens (tertiary/aromatic N) is 3. The smallest absolute Gasteiger partial charge is 0.160 e. The molecule has 0 saturated heterocycles. The molecule has 5 nitrogen and oxygen atoms in total. The van der Waals surface area contributed by atoms with Crippen LogP contribution < -0.4 is 4.74 Å². The summed E-state index contributed by atoms with van der Waals surface area (Å²) >= 11 is 1.80. The van der Waals surface area contributed by atoms with Gasteiger partial charge < -0.3 is 14.7 Å². The molecule has 0 aliphatic carbocycles. The molecule has 6 heteroatoms. The number of rotatable bonds is 5. The molecular formula is C18H21N3O2S. The van der Waals surface area contributed by atoms with Gasteiger partial charge in [0, 0.05) is 37.8 Å². The van der Waals surface area contributed by atoms with Crippen molar-refractivity contribution in [2.45, 2.75) is 19.5 Å². The Balaban J connectivity index is 1.82. The van der Waals surface area contributed by atoms with Gasteiger partial charge in [-0.15, -0.1) is 0 Å². The Hall–Kier alpha value is -2.21. The number of aliphatic imine (C=N–C) groups is 1. The lowest BCUT2D eigenvalue weighted by atomic mass is 10.2. The van der Waals surface area contributed by atoms with Crippen LogP contribution in [0.15, 0.2) is 47.7 Å². The predicted octanol–water partition coefficient (Wildman–Crippen LogP) is 3.29. The summed E-state index contributed by atoms with van der Waals surface area (Å²) in [5.74, 6) is 1.75. The van der Waals surface area contributed by atoms with E-state index in [-0.39, 0.29) is 5.75 Å². The number of aromatic hydroxyl groups is 1. The van der Waals surface area contributed by atoms with E-state index in [2.05, 4.69) is 20.9 Å². The molecule has 0 unspecified atom stereocenters. The molecule has 0 atom stereocenters. The van der Waals surface area contributed by atoms with Crippen molar-refractivity contribution in [1.82, 2.24) is 9.88 Å². The van der Waals surface area contributed by atoms with Crippen molar-refractivity contribution < 1.29 is 9.84 Å². The first-order chi connectivity index (χ1) is 11.8. The molecule has 0 bridgehead atoms. The molecule has 0 spiro atoms. The zero-order valence-corrected chi connectivity index (χ0v) is 14.5. The van der Waals surface area contributed by atoms with Gasteiger partial charge in [0.15, 0.2) is 16.7 Å². The summed E-state index contributed by atoms with van der Waals surface area (Å²) in [6.45, 7) is 2.34. The number of hydrogen-bond donors (Lipinski definition) is 1. The minimum Gasteiger partial charge on any atom is -0.504 e. The molecule has 1 N–H and O–H groups in total. The van der Waals surface area contributed by atoms with E-state index in [0.717, 1.165) is 41.6 Å². The number of amidine groups is 1. The molecule has 0 fully saturated rings. The predicted molar refractivity (Wildman–Crippen MR) is 97.5 cm³/mol. The summed E-state index contributed by atoms with van der Waals surface area (Å²) in [5.41, 5.74) is 2.22. The molecule has 0 saturated carbocycles. The molecule has 24 heavy (non-hydrogen) atoms. The third-order valence-corrected chi connectivity index (χ3v) is 4.90. The Kier molecular flexibility index (Phi) is 5.59. The van der Waals surface area contributed by atoms with Gasteiger partial charge in [-0.1, -0.05) is 23.9 Å². The van der Waals surface area contributed by atoms with Crippen LogP contribution in [-0.4, -0.2) is 39.6 Å². The fourth-order valence-corrected chi connectivity index (χ4v) is 3.53. The first-order valence-electron chi connectivity index (χ1n) is 7.93. The van der Waals surface area contributed by atoms with Crippen LogP contribution in [0.4, 0.5) is 0 Å². The average Bonchev–Trinajstić information content (AvgIpc) is 2.64. The second-order valence-corrected chi connectivity index (χ2v) is 6.65. The van der Waals surface area contributed by atoms with Gasteiger partial charge in [0.2, 0.25) is 0 Å². The normalized spacial score (nSPS) is 14.1. The number of methoxy groups -OCH3 is 1. The summed E-state index contributed by atoms with van der Waals surface area (Å²) in [4.78, 5) is 11.1. The lowest BCUT2D eigenvalue weighted by Gasteiger charge is -2.28. The number of pyridine rings is 1. The molecule has 0 radical (unpaired) electrons. The van der Waals surface area contributed by atoms with Crippen LogP contribution in [0.2, 0.25) is 0 Å². The summed E-state index contributed by atoms with van der Waals surface area (Å²) in [6.07, 6.45) is 4.80. The Labute approximate surface area is 146 Å². The first-order valence-corrected chi connectivity index (χ1v) is 8.92. The van der Waals surface area contributed by atoms with Crippen LogP contribution in [-0.2, 0) is 13.1 Å². The minimum atomic E-state index is 0.157. The molecule has 1 aliphatic rings. The number of phenols is 1. The summed E-state index contributed by atoms with van der Waals surface area (Å²) in [7, 11) is 1.56. The zero-order chi connectivity index (χ0) is 16.8. The van der Waals surface area contributed by atoms with Gasteiger partial charge in [0.1, 0.15) is 0 Å². The second kappa shape index (κ2) is 8.06. The van der Waals surface area contributed by atoms with Crippen LogP contribution in [0.3, 0.4) is 0 Å². The van der Waals surface area contributed by atoms with E-state index in [0.29, 0.717) is 12.3 Å². The molecule has 2 aromatic rings. The van der Waals surface area contributed by atoms with Crippen molar-refractivity contribution in [1.29, 1.82) is 0 Å². The van der Waals surface area contributed by atoms with Crippen LogP contribution in [0.1, 0.15) is 17.5 Å². The van der Waals surface area contributed by atoms with Gasteiger partial charge in [-0.3, -0.25) is 9.98 Å². The van der Waals surface area contributed by atoms with Gasteiger partial charge in [-0.25, -0.2) is 0 Å². The molecule has 1 aliphatic heterocycles. The number of phenolic OH excluding ortho intramolecular Hbond substituents is 1. The van der Waals surface area contributed by atoms with Crippen molar-refractivity contribution in [2.24, 2.45) is 4.99 Å². The minimum absolute atomic E-state index is 0.157. The lowest BCUT2D eigenvalue weighted by molar-refractivity contribution is 0.370. The maximum Gasteiger partial charge on any atom is 0.160 e. The fourth-order valence-electron chi connectivity index (χ4n) is 2.58. The molecule has 3 rings (SSSR count). The van der Waals surface area contributed by atoms with Crippen molar-refractivity contribution >= 4 is 16.9 Å². The van der Waals surface area contributed by atoms with E-state index in [1.807, 2.05) is 24.4 Å². The summed E-state index contributed by atoms with van der Waals surface area (Å²) in [5, 5.41) is 10.8. The third-order valence-electron chi connectivity index (χ3n) is 3.76. The standard InChI is InChI=1S/C18H21N3O2S/c1-23-17-10-14(5-6-16(17)22)12-21(18-20-8-3-9-24-18)13-15-4-2-7-19-11-15/h2,4-7,10-11,22H,3,8-9,12-13H2,1H3. The number of aromatic nitrogens is 1. The fraction of sp³-hybridized carbons (Fsp3) is 0.333. The third kappa shape index (κ3) is 4.20. The highest BCUT2D eigenvalue weighted by molar-refractivity contribution is 8.13. The maximum absolute atomic E-state index is 9.78. The molecular weight excluding hydrogens is 322 g/mol. The second-order valence-electron chi connectivity index (χ2n) is 5.59. The summed E-state index contributed by atoms with van der Waals surface area (Å²) < 4.78 is 5.22. The van der Waals surface area contributed by atoms with Gasteiger partial charge in [0.05, 0.1) is 7.11 Å². The highest BCUT2D eigenvalue weighted by Gasteiger charge is 2.16. The Bertz CT molecular complexity index is 707. The zero-order valence-electron chi connectivity index (χ0n) is 13.7. The molecule has 1 aromatic carbocycles. The number of thioether (sulfide) groups is 1. The van der Waals surface area contributed by atoms with E-state index in [9.17, 15) is 5.11 Å². The van der Waals surface area contributed by atoms with Gasteiger partial charge in [-0.05, 0) is 35.7 Å². The van der Waals surface area contributed by atoms with E-state index in [1.54, 1.807) is 31.1 Å². The highest BCUT2D eigenvalue weighted by atomic mass is 32.2. The van der Waals surface area contributed by atoms with Gasteiger partial charge in [-0.2, -0.15) is 0 Å².